The number of nitrogens with zero attached hydrogens (tertiary/aromatic N) is 1. The Morgan fingerprint density at radius 2 is 1.28 bits per heavy atom. The lowest BCUT2D eigenvalue weighted by Crippen LogP contribution is -2.31. The summed E-state index contributed by atoms with van der Waals surface area (Å²) in [5, 5.41) is 0. The fourth-order valence-corrected chi connectivity index (χ4v) is 5.47. The van der Waals surface area contributed by atoms with E-state index in [-0.39, 0.29) is 0 Å². The van der Waals surface area contributed by atoms with Crippen molar-refractivity contribution in [3.63, 3.8) is 0 Å². The largest absolute Gasteiger partial charge is 0.493 e. The van der Waals surface area contributed by atoms with Crippen molar-refractivity contribution in [2.45, 2.75) is 45.6 Å². The molecule has 0 saturated carbocycles. The van der Waals surface area contributed by atoms with Crippen molar-refractivity contribution >= 4 is 8.15 Å². The predicted octanol–water partition coefficient (Wildman–Crippen LogP) is 4.17. The highest BCUT2D eigenvalue weighted by Gasteiger charge is 2.22. The zero-order valence-corrected chi connectivity index (χ0v) is 21.4. The molecule has 0 aromatic heterocycles. The van der Waals surface area contributed by atoms with Crippen LogP contribution < -0.4 is 9.26 Å². The van der Waals surface area contributed by atoms with Crippen LogP contribution in [0.4, 0.5) is 0 Å². The number of rotatable bonds is 7. The van der Waals surface area contributed by atoms with Crippen LogP contribution in [-0.4, -0.2) is 89.3 Å². The van der Waals surface area contributed by atoms with E-state index in [1.807, 2.05) is 6.07 Å². The molecular weight excluding hydrogens is 429 g/mol. The summed E-state index contributed by atoms with van der Waals surface area (Å²) >= 11 is 0. The lowest BCUT2D eigenvalue weighted by Gasteiger charge is -2.27. The minimum Gasteiger partial charge on any atom is -0.493 e. The molecule has 7 nitrogen and oxygen atoms in total. The number of benzene rings is 1. The molecule has 1 aliphatic heterocycles. The Labute approximate surface area is 195 Å². The first-order chi connectivity index (χ1) is 15.5. The van der Waals surface area contributed by atoms with Gasteiger partial charge in [-0.2, -0.15) is 0 Å². The summed E-state index contributed by atoms with van der Waals surface area (Å²) in [5.41, 5.74) is 2.15. The average molecular weight is 472 g/mol. The van der Waals surface area contributed by atoms with Crippen LogP contribution >= 0.6 is 8.15 Å². The molecule has 0 spiro atoms. The van der Waals surface area contributed by atoms with Gasteiger partial charge in [-0.05, 0) is 17.7 Å². The molecular formula is C24H42NO6P. The van der Waals surface area contributed by atoms with Crippen LogP contribution in [-0.2, 0) is 25.5 Å². The highest BCUT2D eigenvalue weighted by atomic mass is 31.1. The molecule has 1 aromatic rings. The maximum Gasteiger partial charge on any atom is 0.165 e. The van der Waals surface area contributed by atoms with Crippen LogP contribution in [0.15, 0.2) is 18.2 Å². The van der Waals surface area contributed by atoms with Gasteiger partial charge in [0.25, 0.3) is 0 Å². The predicted molar refractivity (Wildman–Crippen MR) is 129 cm³/mol. The zero-order valence-electron chi connectivity index (χ0n) is 20.5. The van der Waals surface area contributed by atoms with Gasteiger partial charge in [-0.1, -0.05) is 33.8 Å². The van der Waals surface area contributed by atoms with E-state index in [1.165, 1.54) is 5.56 Å². The van der Waals surface area contributed by atoms with Gasteiger partial charge in [0.1, 0.15) is 0 Å². The van der Waals surface area contributed by atoms with Gasteiger partial charge in [0, 0.05) is 31.0 Å². The molecule has 0 atom stereocenters. The van der Waals surface area contributed by atoms with E-state index in [2.05, 4.69) is 44.7 Å². The zero-order chi connectivity index (χ0) is 23.2. The van der Waals surface area contributed by atoms with Gasteiger partial charge >= 0.3 is 0 Å². The molecule has 1 fully saturated rings. The van der Waals surface area contributed by atoms with E-state index in [0.717, 1.165) is 31.1 Å². The quantitative estimate of drug-likeness (QED) is 0.553. The van der Waals surface area contributed by atoms with Gasteiger partial charge in [0.05, 0.1) is 68.1 Å². The standard InChI is InChI=1S/C24H42NO6P/c1-20(2)32(21(3)4)31-24-18-22(6-7-23(24)26-5)19-25-8-10-27-12-14-29-16-17-30-15-13-28-11-9-25/h6-7,18,20-21H,8-17,19H2,1-5H3. The van der Waals surface area contributed by atoms with E-state index < -0.39 is 8.15 Å². The lowest BCUT2D eigenvalue weighted by molar-refractivity contribution is 0.00206. The smallest absolute Gasteiger partial charge is 0.165 e. The molecule has 1 saturated heterocycles. The Balaban J connectivity index is 2.04. The van der Waals surface area contributed by atoms with Crippen molar-refractivity contribution in [2.75, 3.05) is 73.1 Å². The number of hydrogen-bond donors (Lipinski definition) is 0. The molecule has 0 N–H and O–H groups in total. The third-order valence-corrected chi connectivity index (χ3v) is 7.52. The second-order valence-electron chi connectivity index (χ2n) is 8.35. The first-order valence-electron chi connectivity index (χ1n) is 11.7. The summed E-state index contributed by atoms with van der Waals surface area (Å²) in [6, 6.07) is 6.24. The Hall–Kier alpha value is -0.950. The summed E-state index contributed by atoms with van der Waals surface area (Å²) in [6.07, 6.45) is 0. The van der Waals surface area contributed by atoms with Crippen LogP contribution in [0, 0.1) is 0 Å². The first-order valence-corrected chi connectivity index (χ1v) is 13.1. The summed E-state index contributed by atoms with van der Waals surface area (Å²) in [5.74, 6) is 1.62. The van der Waals surface area contributed by atoms with Crippen LogP contribution in [0.3, 0.4) is 0 Å². The third-order valence-electron chi connectivity index (χ3n) is 5.08. The fraction of sp³-hybridized carbons (Fsp3) is 0.750. The Bertz CT molecular complexity index is 607. The second-order valence-corrected chi connectivity index (χ2v) is 11.3. The van der Waals surface area contributed by atoms with E-state index in [9.17, 15) is 0 Å². The SMILES string of the molecule is COc1ccc(CN2CCOCCOCCOCCOCC2)cc1OP(C(C)C)C(C)C. The summed E-state index contributed by atoms with van der Waals surface area (Å²) in [6.45, 7) is 16.2. The van der Waals surface area contributed by atoms with Crippen molar-refractivity contribution in [3.8, 4) is 11.5 Å². The summed E-state index contributed by atoms with van der Waals surface area (Å²) in [7, 11) is 1.10. The maximum absolute atomic E-state index is 6.48. The average Bonchev–Trinajstić information content (AvgIpc) is 2.77. The number of hydrogen-bond acceptors (Lipinski definition) is 7. The molecule has 1 aliphatic rings. The highest BCUT2D eigenvalue weighted by Crippen LogP contribution is 2.49. The minimum atomic E-state index is -0.593. The van der Waals surface area contributed by atoms with Crippen molar-refractivity contribution in [1.29, 1.82) is 0 Å². The van der Waals surface area contributed by atoms with Crippen LogP contribution in [0.1, 0.15) is 33.3 Å². The summed E-state index contributed by atoms with van der Waals surface area (Å²) in [4.78, 5) is 2.35. The molecule has 0 radical (unpaired) electrons. The van der Waals surface area contributed by atoms with Crippen molar-refractivity contribution in [2.24, 2.45) is 0 Å². The summed E-state index contributed by atoms with van der Waals surface area (Å²) < 4.78 is 34.6. The van der Waals surface area contributed by atoms with Gasteiger partial charge in [0.15, 0.2) is 11.5 Å². The van der Waals surface area contributed by atoms with Crippen molar-refractivity contribution < 1.29 is 28.2 Å². The first kappa shape index (κ1) is 27.3. The molecule has 1 aromatic carbocycles. The number of methoxy groups -OCH3 is 1. The lowest BCUT2D eigenvalue weighted by atomic mass is 10.2. The molecule has 8 heteroatoms. The molecule has 0 bridgehead atoms. The number of ether oxygens (including phenoxy) is 5. The van der Waals surface area contributed by atoms with E-state index in [0.29, 0.717) is 64.2 Å². The van der Waals surface area contributed by atoms with Crippen molar-refractivity contribution in [1.82, 2.24) is 4.90 Å². The Morgan fingerprint density at radius 1 is 0.781 bits per heavy atom. The Kier molecular flexibility index (Phi) is 13.5. The molecule has 2 rings (SSSR count). The minimum absolute atomic E-state index is 0.480. The molecule has 0 amide bonds. The molecule has 1 heterocycles. The fourth-order valence-electron chi connectivity index (χ4n) is 3.49. The molecule has 0 aliphatic carbocycles. The van der Waals surface area contributed by atoms with E-state index >= 15 is 0 Å². The monoisotopic (exact) mass is 471 g/mol. The highest BCUT2D eigenvalue weighted by molar-refractivity contribution is 7.54. The van der Waals surface area contributed by atoms with Crippen molar-refractivity contribution in [3.05, 3.63) is 23.8 Å². The van der Waals surface area contributed by atoms with Gasteiger partial charge in [-0.15, -0.1) is 0 Å². The third kappa shape index (κ3) is 10.3. The van der Waals surface area contributed by atoms with Crippen LogP contribution in [0.2, 0.25) is 0 Å². The molecule has 0 unspecified atom stereocenters. The van der Waals surface area contributed by atoms with E-state index in [4.69, 9.17) is 28.2 Å². The maximum atomic E-state index is 6.48. The topological polar surface area (TPSA) is 58.6 Å². The molecule has 32 heavy (non-hydrogen) atoms. The van der Waals surface area contributed by atoms with Crippen LogP contribution in [0.25, 0.3) is 0 Å². The van der Waals surface area contributed by atoms with Crippen LogP contribution in [0.5, 0.6) is 11.5 Å². The second kappa shape index (κ2) is 15.8. The van der Waals surface area contributed by atoms with Gasteiger partial charge in [-0.25, -0.2) is 0 Å². The van der Waals surface area contributed by atoms with Gasteiger partial charge < -0.3 is 28.2 Å². The Morgan fingerprint density at radius 3 is 1.75 bits per heavy atom. The van der Waals surface area contributed by atoms with Gasteiger partial charge in [0.2, 0.25) is 0 Å². The van der Waals surface area contributed by atoms with E-state index in [1.54, 1.807) is 7.11 Å². The normalized spacial score (nSPS) is 18.5. The molecule has 184 valence electrons. The van der Waals surface area contributed by atoms with Gasteiger partial charge in [-0.3, -0.25) is 4.90 Å².